The summed E-state index contributed by atoms with van der Waals surface area (Å²) in [6.45, 7) is 3.94. The normalized spacial score (nSPS) is 15.7. The maximum Gasteiger partial charge on any atom is 0.327 e. The Bertz CT molecular complexity index is 874. The van der Waals surface area contributed by atoms with Gasteiger partial charge in [0.1, 0.15) is 12.6 Å². The molecule has 0 radical (unpaired) electrons. The van der Waals surface area contributed by atoms with E-state index in [-0.39, 0.29) is 5.97 Å². The number of allylic oxidation sites excluding steroid dienone is 3. The molecule has 0 saturated heterocycles. The molecule has 6 heteroatoms. The Labute approximate surface area is 175 Å². The van der Waals surface area contributed by atoms with Crippen molar-refractivity contribution in [2.45, 2.75) is 25.9 Å². The van der Waals surface area contributed by atoms with E-state index in [1.54, 1.807) is 17.4 Å². The third-order valence-corrected chi connectivity index (χ3v) is 6.12. The predicted molar refractivity (Wildman–Crippen MR) is 114 cm³/mol. The average Bonchev–Trinajstić information content (AvgIpc) is 3.11. The molecule has 0 unspecified atom stereocenters. The van der Waals surface area contributed by atoms with Gasteiger partial charge in [0.05, 0.1) is 7.11 Å². The van der Waals surface area contributed by atoms with E-state index >= 15 is 0 Å². The highest BCUT2D eigenvalue weighted by Crippen LogP contribution is 2.37. The first-order valence-electron chi connectivity index (χ1n) is 9.22. The summed E-state index contributed by atoms with van der Waals surface area (Å²) in [5, 5.41) is 1.48. The van der Waals surface area contributed by atoms with Crippen LogP contribution < -0.4 is 4.74 Å². The molecule has 0 bridgehead atoms. The van der Waals surface area contributed by atoms with Crippen molar-refractivity contribution in [3.63, 3.8) is 0 Å². The number of hydrogen-bond acceptors (Lipinski definition) is 5. The van der Waals surface area contributed by atoms with Crippen molar-refractivity contribution >= 4 is 28.9 Å². The number of methoxy groups -OCH3 is 1. The molecule has 0 aliphatic carbocycles. The second-order valence-corrected chi connectivity index (χ2v) is 7.95. The van der Waals surface area contributed by atoms with E-state index < -0.39 is 6.04 Å². The predicted octanol–water partition coefficient (Wildman–Crippen LogP) is 5.19. The van der Waals surface area contributed by atoms with Crippen LogP contribution in [0.2, 0.25) is 5.02 Å². The van der Waals surface area contributed by atoms with Crippen LogP contribution in [0.1, 0.15) is 29.0 Å². The standard InChI is InChI=1S/C22H24ClNO3S/c1-3-4-5-8-13-27-20-14-16-15-24(12-11-19(16)28-20)21(22(25)26-2)17-9-6-7-10-18(17)23/h3-10,14,21H,11-13,15H2,1-2H3/b4-3+,8-5+/t21-/m0/s1. The fourth-order valence-electron chi connectivity index (χ4n) is 3.28. The van der Waals surface area contributed by atoms with Gasteiger partial charge in [0, 0.05) is 23.0 Å². The van der Waals surface area contributed by atoms with E-state index in [4.69, 9.17) is 21.1 Å². The number of hydrogen-bond donors (Lipinski definition) is 0. The fraction of sp³-hybridized carbons (Fsp3) is 0.318. The van der Waals surface area contributed by atoms with E-state index in [0.717, 1.165) is 23.6 Å². The summed E-state index contributed by atoms with van der Waals surface area (Å²) in [4.78, 5) is 16.0. The van der Waals surface area contributed by atoms with E-state index in [2.05, 4.69) is 11.0 Å². The summed E-state index contributed by atoms with van der Waals surface area (Å²) >= 11 is 8.06. The molecule has 0 amide bonds. The lowest BCUT2D eigenvalue weighted by Gasteiger charge is -2.33. The number of benzene rings is 1. The van der Waals surface area contributed by atoms with Gasteiger partial charge < -0.3 is 9.47 Å². The molecule has 148 valence electrons. The van der Waals surface area contributed by atoms with Gasteiger partial charge in [-0.15, -0.1) is 11.3 Å². The molecule has 1 aromatic heterocycles. The highest BCUT2D eigenvalue weighted by molar-refractivity contribution is 7.14. The molecule has 3 rings (SSSR count). The van der Waals surface area contributed by atoms with Gasteiger partial charge >= 0.3 is 5.97 Å². The maximum absolute atomic E-state index is 12.6. The highest BCUT2D eigenvalue weighted by Gasteiger charge is 2.33. The minimum absolute atomic E-state index is 0.294. The zero-order valence-corrected chi connectivity index (χ0v) is 17.6. The summed E-state index contributed by atoms with van der Waals surface area (Å²) < 4.78 is 10.9. The maximum atomic E-state index is 12.6. The van der Waals surface area contributed by atoms with Gasteiger partial charge in [-0.1, -0.05) is 48.0 Å². The van der Waals surface area contributed by atoms with Gasteiger partial charge in [-0.2, -0.15) is 0 Å². The summed E-state index contributed by atoms with van der Waals surface area (Å²) in [7, 11) is 1.42. The number of carbonyl (C=O) groups excluding carboxylic acids is 1. The Morgan fingerprint density at radius 2 is 2.18 bits per heavy atom. The largest absolute Gasteiger partial charge is 0.480 e. The van der Waals surface area contributed by atoms with Crippen LogP contribution in [-0.4, -0.2) is 31.1 Å². The first kappa shape index (κ1) is 20.6. The highest BCUT2D eigenvalue weighted by atomic mass is 35.5. The monoisotopic (exact) mass is 417 g/mol. The molecule has 0 N–H and O–H groups in total. The minimum Gasteiger partial charge on any atom is -0.480 e. The Morgan fingerprint density at radius 3 is 2.93 bits per heavy atom. The quantitative estimate of drug-likeness (QED) is 0.459. The summed E-state index contributed by atoms with van der Waals surface area (Å²) in [6.07, 6.45) is 8.78. The molecule has 1 aliphatic rings. The van der Waals surface area contributed by atoms with Crippen molar-refractivity contribution in [2.24, 2.45) is 0 Å². The van der Waals surface area contributed by atoms with Crippen LogP contribution in [0.4, 0.5) is 0 Å². The van der Waals surface area contributed by atoms with Crippen molar-refractivity contribution in [1.82, 2.24) is 4.90 Å². The first-order chi connectivity index (χ1) is 13.6. The molecule has 1 atom stereocenters. The van der Waals surface area contributed by atoms with Crippen molar-refractivity contribution in [1.29, 1.82) is 0 Å². The van der Waals surface area contributed by atoms with Crippen LogP contribution in [0.15, 0.2) is 54.6 Å². The number of esters is 1. The SMILES string of the molecule is C/C=C/C=C/COc1cc2c(s1)CCN([C@H](C(=O)OC)c1ccccc1Cl)C2. The number of nitrogens with zero attached hydrogens (tertiary/aromatic N) is 1. The van der Waals surface area contributed by atoms with Crippen LogP contribution in [0.3, 0.4) is 0 Å². The molecular weight excluding hydrogens is 394 g/mol. The van der Waals surface area contributed by atoms with Gasteiger partial charge in [0.2, 0.25) is 0 Å². The molecule has 28 heavy (non-hydrogen) atoms. The molecular formula is C22H24ClNO3S. The topological polar surface area (TPSA) is 38.8 Å². The van der Waals surface area contributed by atoms with Crippen molar-refractivity contribution in [3.05, 3.63) is 75.7 Å². The lowest BCUT2D eigenvalue weighted by Crippen LogP contribution is -2.38. The Morgan fingerprint density at radius 1 is 1.36 bits per heavy atom. The molecule has 1 aromatic carbocycles. The van der Waals surface area contributed by atoms with Gasteiger partial charge in [-0.25, -0.2) is 4.79 Å². The molecule has 2 heterocycles. The lowest BCUT2D eigenvalue weighted by atomic mass is 10.0. The first-order valence-corrected chi connectivity index (χ1v) is 10.4. The van der Waals surface area contributed by atoms with Crippen LogP contribution in [0, 0.1) is 0 Å². The summed E-state index contributed by atoms with van der Waals surface area (Å²) in [5.41, 5.74) is 1.98. The Balaban J connectivity index is 1.75. The Kier molecular flexibility index (Phi) is 7.31. The van der Waals surface area contributed by atoms with Crippen LogP contribution in [0.25, 0.3) is 0 Å². The van der Waals surface area contributed by atoms with Crippen molar-refractivity contribution in [2.75, 3.05) is 20.3 Å². The number of fused-ring (bicyclic) bond motifs is 1. The average molecular weight is 418 g/mol. The number of halogens is 1. The molecule has 2 aromatic rings. The second-order valence-electron chi connectivity index (χ2n) is 6.45. The molecule has 4 nitrogen and oxygen atoms in total. The van der Waals surface area contributed by atoms with E-state index in [1.165, 1.54) is 17.6 Å². The van der Waals surface area contributed by atoms with Gasteiger partial charge in [-0.05, 0) is 42.7 Å². The zero-order valence-electron chi connectivity index (χ0n) is 16.1. The zero-order chi connectivity index (χ0) is 19.9. The van der Waals surface area contributed by atoms with Crippen molar-refractivity contribution in [3.8, 4) is 5.06 Å². The van der Waals surface area contributed by atoms with Gasteiger partial charge in [0.15, 0.2) is 5.06 Å². The molecule has 1 aliphatic heterocycles. The smallest absolute Gasteiger partial charge is 0.327 e. The van der Waals surface area contributed by atoms with Gasteiger partial charge in [-0.3, -0.25) is 4.90 Å². The molecule has 0 saturated carbocycles. The van der Waals surface area contributed by atoms with E-state index in [9.17, 15) is 4.79 Å². The number of thiophene rings is 1. The number of ether oxygens (including phenoxy) is 2. The second kappa shape index (κ2) is 9.92. The summed E-state index contributed by atoms with van der Waals surface area (Å²) in [6, 6.07) is 9.02. The number of rotatable bonds is 7. The van der Waals surface area contributed by atoms with Crippen molar-refractivity contribution < 1.29 is 14.3 Å². The number of carbonyl (C=O) groups is 1. The van der Waals surface area contributed by atoms with E-state index in [0.29, 0.717) is 18.2 Å². The molecule has 0 fully saturated rings. The third-order valence-electron chi connectivity index (χ3n) is 4.62. The van der Waals surface area contributed by atoms with E-state index in [1.807, 2.05) is 49.4 Å². The van der Waals surface area contributed by atoms with Crippen LogP contribution in [-0.2, 0) is 22.5 Å². The van der Waals surface area contributed by atoms with Gasteiger partial charge in [0.25, 0.3) is 0 Å². The fourth-order valence-corrected chi connectivity index (χ4v) is 4.53. The van der Waals surface area contributed by atoms with Crippen LogP contribution in [0.5, 0.6) is 5.06 Å². The lowest BCUT2D eigenvalue weighted by molar-refractivity contribution is -0.147. The summed E-state index contributed by atoms with van der Waals surface area (Å²) in [5.74, 6) is -0.294. The Hall–Kier alpha value is -2.08. The third kappa shape index (κ3) is 4.85. The minimum atomic E-state index is -0.514. The molecule has 0 spiro atoms. The van der Waals surface area contributed by atoms with Crippen LogP contribution >= 0.6 is 22.9 Å².